The maximum atomic E-state index is 12.9. The lowest BCUT2D eigenvalue weighted by Gasteiger charge is -2.27. The van der Waals surface area contributed by atoms with Crippen LogP contribution in [0, 0.1) is 0 Å². The Bertz CT molecular complexity index is 862. The number of allylic oxidation sites excluding steroid dienone is 6. The highest BCUT2D eigenvalue weighted by atomic mass is 32.2. The second-order valence-electron chi connectivity index (χ2n) is 6.76. The number of nitrogens with one attached hydrogen (secondary N) is 2. The molecule has 0 aromatic rings. The van der Waals surface area contributed by atoms with Gasteiger partial charge in [-0.2, -0.15) is 8.42 Å². The molecule has 0 aromatic carbocycles. The standard InChI is InChI=1S/C20H29N3O7S.2C2H6/c1-21-17(15-22-19(26)16-9-5-3-2-4-6-10-16)20(27)23(12-7-11-18(24)25)13-8-14-31(28,29)30;2*1-2/h2-6,9-10,17,21H,7-8,11-15H2,1H3,(H,22,26)(H,24,25)(H,28,29,30);2*1-2H3/b3-2-,4-2?,5-3?,6-4-,9-5-,10-6?,16-9?,16-10+;;. The Balaban J connectivity index is 0. The van der Waals surface area contributed by atoms with Crippen LogP contribution in [0.25, 0.3) is 0 Å². The molecule has 0 aliphatic heterocycles. The Hall–Kier alpha value is -2.76. The first-order chi connectivity index (χ1) is 16.6. The first-order valence-electron chi connectivity index (χ1n) is 11.8. The third kappa shape index (κ3) is 17.3. The maximum absolute atomic E-state index is 12.9. The fourth-order valence-corrected chi connectivity index (χ4v) is 3.23. The highest BCUT2D eigenvalue weighted by molar-refractivity contribution is 7.85. The molecule has 4 N–H and O–H groups in total. The molecule has 1 rings (SSSR count). The molecule has 200 valence electrons. The smallest absolute Gasteiger partial charge is 0.303 e. The van der Waals surface area contributed by atoms with Gasteiger partial charge in [-0.25, -0.2) is 0 Å². The van der Waals surface area contributed by atoms with E-state index in [0.29, 0.717) is 5.57 Å². The fraction of sp³-hybridized carbons (Fsp3) is 0.542. The lowest BCUT2D eigenvalue weighted by molar-refractivity contribution is -0.138. The third-order valence-corrected chi connectivity index (χ3v) is 5.14. The zero-order valence-electron chi connectivity index (χ0n) is 21.4. The van der Waals surface area contributed by atoms with E-state index in [1.165, 1.54) is 4.90 Å². The molecule has 0 aromatic heterocycles. The lowest BCUT2D eigenvalue weighted by atomic mass is 10.1. The molecule has 1 atom stereocenters. The van der Waals surface area contributed by atoms with Crippen LogP contribution in [0.4, 0.5) is 0 Å². The molecule has 35 heavy (non-hydrogen) atoms. The van der Waals surface area contributed by atoms with Gasteiger partial charge in [0.2, 0.25) is 5.91 Å². The summed E-state index contributed by atoms with van der Waals surface area (Å²) < 4.78 is 30.8. The van der Waals surface area contributed by atoms with Crippen LogP contribution in [0.2, 0.25) is 0 Å². The van der Waals surface area contributed by atoms with Crippen molar-refractivity contribution < 1.29 is 32.5 Å². The minimum atomic E-state index is -4.17. The summed E-state index contributed by atoms with van der Waals surface area (Å²) in [6, 6.07) is -0.798. The predicted octanol–water partition coefficient (Wildman–Crippen LogP) is 2.32. The second kappa shape index (κ2) is 20.6. The Morgan fingerprint density at radius 1 is 0.971 bits per heavy atom. The van der Waals surface area contributed by atoms with Crippen LogP contribution >= 0.6 is 0 Å². The van der Waals surface area contributed by atoms with Gasteiger partial charge in [-0.1, -0.05) is 58.1 Å². The molecule has 0 heterocycles. The van der Waals surface area contributed by atoms with E-state index in [4.69, 9.17) is 9.66 Å². The molecule has 0 fully saturated rings. The summed E-state index contributed by atoms with van der Waals surface area (Å²) in [7, 11) is -2.63. The Kier molecular flexibility index (Phi) is 20.3. The van der Waals surface area contributed by atoms with Crippen LogP contribution in [0.15, 0.2) is 48.1 Å². The number of carboxylic acid groups (broad SMARTS) is 1. The van der Waals surface area contributed by atoms with E-state index in [1.54, 1.807) is 43.5 Å². The number of aliphatic carboxylic acids is 1. The minimum absolute atomic E-state index is 0.00201. The van der Waals surface area contributed by atoms with Gasteiger partial charge < -0.3 is 20.6 Å². The average Bonchev–Trinajstić information content (AvgIpc) is 2.79. The van der Waals surface area contributed by atoms with Gasteiger partial charge in [-0.3, -0.25) is 18.9 Å². The quantitative estimate of drug-likeness (QED) is 0.273. The highest BCUT2D eigenvalue weighted by Crippen LogP contribution is 2.05. The van der Waals surface area contributed by atoms with Crippen molar-refractivity contribution in [2.24, 2.45) is 0 Å². The molecule has 1 unspecified atom stereocenters. The van der Waals surface area contributed by atoms with Crippen molar-refractivity contribution in [1.29, 1.82) is 0 Å². The molecule has 2 amide bonds. The summed E-state index contributed by atoms with van der Waals surface area (Å²) in [5.74, 6) is -2.30. The average molecular weight is 516 g/mol. The summed E-state index contributed by atoms with van der Waals surface area (Å²) >= 11 is 0. The molecule has 0 bridgehead atoms. The van der Waals surface area contributed by atoms with Crippen molar-refractivity contribution in [3.05, 3.63) is 48.1 Å². The summed E-state index contributed by atoms with van der Waals surface area (Å²) in [5.41, 5.74) is 0.411. The largest absolute Gasteiger partial charge is 0.481 e. The van der Waals surface area contributed by atoms with E-state index in [2.05, 4.69) is 10.6 Å². The van der Waals surface area contributed by atoms with Gasteiger partial charge in [0.15, 0.2) is 0 Å². The molecule has 11 heteroatoms. The van der Waals surface area contributed by atoms with Crippen molar-refractivity contribution in [2.75, 3.05) is 32.4 Å². The molecular formula is C24H41N3O7S. The first kappa shape index (κ1) is 34.4. The Labute approximate surface area is 209 Å². The molecular weight excluding hydrogens is 474 g/mol. The van der Waals surface area contributed by atoms with E-state index >= 15 is 0 Å². The van der Waals surface area contributed by atoms with Crippen LogP contribution < -0.4 is 10.6 Å². The number of carbonyl (C=O) groups excluding carboxylic acids is 2. The molecule has 0 saturated heterocycles. The fourth-order valence-electron chi connectivity index (χ4n) is 2.74. The van der Waals surface area contributed by atoms with Crippen molar-refractivity contribution in [2.45, 2.75) is 53.0 Å². The van der Waals surface area contributed by atoms with Crippen molar-refractivity contribution >= 4 is 27.9 Å². The van der Waals surface area contributed by atoms with Crippen LogP contribution in [0.3, 0.4) is 0 Å². The number of amides is 2. The molecule has 0 spiro atoms. The number of hydrogen-bond donors (Lipinski definition) is 4. The van der Waals surface area contributed by atoms with Gasteiger partial charge in [0.05, 0.1) is 5.75 Å². The molecule has 0 radical (unpaired) electrons. The summed E-state index contributed by atoms with van der Waals surface area (Å²) in [5, 5.41) is 14.3. The highest BCUT2D eigenvalue weighted by Gasteiger charge is 2.24. The van der Waals surface area contributed by atoms with E-state index in [0.717, 1.165) is 0 Å². The number of likely N-dealkylation sites (N-methyl/N-ethyl adjacent to an activating group) is 1. The zero-order chi connectivity index (χ0) is 27.3. The minimum Gasteiger partial charge on any atom is -0.481 e. The van der Waals surface area contributed by atoms with Crippen LogP contribution in [0.1, 0.15) is 47.0 Å². The van der Waals surface area contributed by atoms with Gasteiger partial charge in [0.25, 0.3) is 16.0 Å². The van der Waals surface area contributed by atoms with Crippen LogP contribution in [0.5, 0.6) is 0 Å². The van der Waals surface area contributed by atoms with E-state index in [-0.39, 0.29) is 44.8 Å². The SMILES string of the molecule is CC.CC.CNC(CNC(=O)C1=C/C=C\C=C/C=C\1)C(=O)N(CCCC(=O)O)CCCS(=O)(=O)O. The topological polar surface area (TPSA) is 153 Å². The first-order valence-corrected chi connectivity index (χ1v) is 13.4. The van der Waals surface area contributed by atoms with Crippen molar-refractivity contribution in [1.82, 2.24) is 15.5 Å². The molecule has 0 saturated carbocycles. The van der Waals surface area contributed by atoms with Gasteiger partial charge in [-0.05, 0) is 32.0 Å². The summed E-state index contributed by atoms with van der Waals surface area (Å²) in [6.45, 7) is 8.11. The van der Waals surface area contributed by atoms with E-state index < -0.39 is 33.8 Å². The Morgan fingerprint density at radius 3 is 2.11 bits per heavy atom. The lowest BCUT2D eigenvalue weighted by Crippen LogP contribution is -2.51. The number of carboxylic acids is 1. The third-order valence-electron chi connectivity index (χ3n) is 4.33. The van der Waals surface area contributed by atoms with Gasteiger partial charge in [-0.15, -0.1) is 0 Å². The van der Waals surface area contributed by atoms with Crippen molar-refractivity contribution in [3.8, 4) is 0 Å². The summed E-state index contributed by atoms with van der Waals surface area (Å²) in [6.07, 6.45) is 12.1. The normalized spacial score (nSPS) is 17.3. The second-order valence-corrected chi connectivity index (χ2v) is 8.34. The monoisotopic (exact) mass is 515 g/mol. The Morgan fingerprint density at radius 2 is 1.54 bits per heavy atom. The molecule has 10 nitrogen and oxygen atoms in total. The van der Waals surface area contributed by atoms with E-state index in [1.807, 2.05) is 33.8 Å². The number of rotatable bonds is 13. The molecule has 1 aliphatic rings. The summed E-state index contributed by atoms with van der Waals surface area (Å²) in [4.78, 5) is 37.4. The van der Waals surface area contributed by atoms with E-state index in [9.17, 15) is 22.8 Å². The zero-order valence-corrected chi connectivity index (χ0v) is 22.2. The van der Waals surface area contributed by atoms with Gasteiger partial charge >= 0.3 is 5.97 Å². The maximum Gasteiger partial charge on any atom is 0.303 e. The number of nitrogens with zero attached hydrogens (tertiary/aromatic N) is 1. The van der Waals surface area contributed by atoms with Gasteiger partial charge in [0.1, 0.15) is 6.04 Å². The number of hydrogen-bond acceptors (Lipinski definition) is 6. The van der Waals surface area contributed by atoms with Gasteiger partial charge in [0, 0.05) is 31.6 Å². The van der Waals surface area contributed by atoms with Crippen LogP contribution in [-0.4, -0.2) is 79.2 Å². The molecule has 1 aliphatic carbocycles. The van der Waals surface area contributed by atoms with Crippen molar-refractivity contribution in [3.63, 3.8) is 0 Å². The number of carbonyl (C=O) groups is 3. The predicted molar refractivity (Wildman–Crippen MR) is 139 cm³/mol. The van der Waals surface area contributed by atoms with Crippen LogP contribution in [-0.2, 0) is 24.5 Å².